The number of nitro groups is 2. The lowest BCUT2D eigenvalue weighted by Crippen LogP contribution is -2.48. The first kappa shape index (κ1) is 33.3. The lowest BCUT2D eigenvalue weighted by atomic mass is 9.48. The number of rotatable bonds is 13. The highest BCUT2D eigenvalue weighted by Crippen LogP contribution is 2.62. The van der Waals surface area contributed by atoms with E-state index in [4.69, 9.17) is 18.9 Å². The Morgan fingerprint density at radius 3 is 1.42 bits per heavy atom. The molecular weight excluding hydrogens is 660 g/mol. The van der Waals surface area contributed by atoms with Crippen molar-refractivity contribution in [3.8, 4) is 34.5 Å². The van der Waals surface area contributed by atoms with Crippen LogP contribution >= 0.6 is 0 Å². The molecule has 0 radical (unpaired) electrons. The van der Waals surface area contributed by atoms with Gasteiger partial charge < -0.3 is 18.9 Å². The van der Waals surface area contributed by atoms with Crippen LogP contribution < -0.4 is 18.9 Å². The number of hydrogen-bond donors (Lipinski definition) is 0. The first-order valence-corrected chi connectivity index (χ1v) is 17.7. The Kier molecular flexibility index (Phi) is 8.97. The summed E-state index contributed by atoms with van der Waals surface area (Å²) in [6.45, 7) is 0.328. The third-order valence-corrected chi connectivity index (χ3v) is 10.8. The van der Waals surface area contributed by atoms with E-state index < -0.39 is 9.85 Å². The highest BCUT2D eigenvalue weighted by Gasteiger charge is 2.52. The molecule has 4 aliphatic rings. The fraction of sp³-hybridized carbons (Fsp3) is 0.286. The summed E-state index contributed by atoms with van der Waals surface area (Å²) in [5, 5.41) is 23.8. The van der Waals surface area contributed by atoms with E-state index in [9.17, 15) is 20.2 Å². The molecule has 0 N–H and O–H groups in total. The van der Waals surface area contributed by atoms with Gasteiger partial charge in [0.1, 0.15) is 36.2 Å². The average molecular weight is 699 g/mol. The van der Waals surface area contributed by atoms with Crippen LogP contribution in [0.4, 0.5) is 11.4 Å². The molecule has 264 valence electrons. The Bertz CT molecular complexity index is 2070. The van der Waals surface area contributed by atoms with Gasteiger partial charge in [-0.2, -0.15) is 0 Å². The Hall–Kier alpha value is -5.90. The van der Waals surface area contributed by atoms with Crippen molar-refractivity contribution in [3.05, 3.63) is 152 Å². The zero-order chi connectivity index (χ0) is 35.7. The quantitative estimate of drug-likeness (QED) is 0.0879. The second-order valence-electron chi connectivity index (χ2n) is 14.4. The van der Waals surface area contributed by atoms with Crippen LogP contribution in [0.25, 0.3) is 0 Å². The minimum absolute atomic E-state index is 0.0260. The molecule has 10 heteroatoms. The van der Waals surface area contributed by atoms with Crippen LogP contribution in [0, 0.1) is 38.0 Å². The summed E-state index contributed by atoms with van der Waals surface area (Å²) in [5.74, 6) is 4.17. The van der Waals surface area contributed by atoms with Gasteiger partial charge in [0, 0.05) is 35.9 Å². The van der Waals surface area contributed by atoms with Crippen LogP contribution in [0.3, 0.4) is 0 Å². The van der Waals surface area contributed by atoms with Crippen LogP contribution in [0.15, 0.2) is 115 Å². The normalized spacial score (nSPS) is 21.3. The fourth-order valence-electron chi connectivity index (χ4n) is 8.91. The van der Waals surface area contributed by atoms with Crippen molar-refractivity contribution in [2.24, 2.45) is 17.8 Å². The van der Waals surface area contributed by atoms with Gasteiger partial charge in [0.2, 0.25) is 11.5 Å². The zero-order valence-electron chi connectivity index (χ0n) is 28.5. The first-order chi connectivity index (χ1) is 25.3. The molecule has 9 rings (SSSR count). The molecule has 0 amide bonds. The summed E-state index contributed by atoms with van der Waals surface area (Å²) < 4.78 is 24.9. The van der Waals surface area contributed by atoms with Crippen LogP contribution in [-0.4, -0.2) is 9.85 Å². The molecule has 0 aromatic heterocycles. The van der Waals surface area contributed by atoms with Crippen LogP contribution in [0.5, 0.6) is 34.5 Å². The molecule has 52 heavy (non-hydrogen) atoms. The molecule has 0 atom stereocenters. The van der Waals surface area contributed by atoms with Gasteiger partial charge in [-0.1, -0.05) is 66.7 Å². The molecule has 5 aromatic rings. The third-order valence-electron chi connectivity index (χ3n) is 10.8. The van der Waals surface area contributed by atoms with E-state index >= 15 is 0 Å². The van der Waals surface area contributed by atoms with Gasteiger partial charge in [-0.3, -0.25) is 20.2 Å². The van der Waals surface area contributed by atoms with Crippen molar-refractivity contribution >= 4 is 11.4 Å². The van der Waals surface area contributed by atoms with Gasteiger partial charge >= 0.3 is 11.4 Å². The number of nitrogens with zero attached hydrogens (tertiary/aromatic N) is 2. The van der Waals surface area contributed by atoms with Crippen LogP contribution in [0.2, 0.25) is 0 Å². The maximum Gasteiger partial charge on any atom is 0.311 e. The molecule has 4 aliphatic carbocycles. The van der Waals surface area contributed by atoms with Crippen molar-refractivity contribution < 1.29 is 28.8 Å². The van der Waals surface area contributed by atoms with E-state index in [0.29, 0.717) is 40.8 Å². The number of nitro benzene ring substituents is 2. The Labute approximate surface area is 301 Å². The van der Waals surface area contributed by atoms with Crippen molar-refractivity contribution in [1.82, 2.24) is 0 Å². The fourth-order valence-corrected chi connectivity index (χ4v) is 8.91. The van der Waals surface area contributed by atoms with Crippen molar-refractivity contribution in [2.45, 2.75) is 57.2 Å². The largest absolute Gasteiger partial charge is 0.482 e. The molecule has 0 spiro atoms. The van der Waals surface area contributed by atoms with Gasteiger partial charge in [0.05, 0.1) is 9.85 Å². The van der Waals surface area contributed by atoms with Gasteiger partial charge in [-0.25, -0.2) is 0 Å². The van der Waals surface area contributed by atoms with E-state index in [2.05, 4.69) is 6.07 Å². The molecule has 4 fully saturated rings. The Balaban J connectivity index is 1.12. The zero-order valence-corrected chi connectivity index (χ0v) is 28.5. The summed E-state index contributed by atoms with van der Waals surface area (Å²) in [6, 6.07) is 33.8. The predicted octanol–water partition coefficient (Wildman–Crippen LogP) is 10.7. The highest BCUT2D eigenvalue weighted by molar-refractivity contribution is 5.55. The SMILES string of the molecule is O=[N+]([O-])c1ccc(Oc2ccc(C34CC5CC(CC(C5)C3)C4)c(Oc3ccc([N+](=O)[O-])c(OCc4ccccc4)c3)c2)cc1OCc1ccccc1. The van der Waals surface area contributed by atoms with E-state index in [1.54, 1.807) is 18.2 Å². The molecule has 0 saturated heterocycles. The minimum atomic E-state index is -0.474. The maximum atomic E-state index is 12.0. The summed E-state index contributed by atoms with van der Waals surface area (Å²) in [7, 11) is 0. The van der Waals surface area contributed by atoms with Gasteiger partial charge in [-0.15, -0.1) is 0 Å². The van der Waals surface area contributed by atoms with Gasteiger partial charge in [0.25, 0.3) is 0 Å². The standard InChI is InChI=1S/C42H38N2O8/c45-43(46)37-15-12-34(21-40(37)49-26-28-7-3-1-4-8-28)51-33-11-14-36(42-23-30-17-31(24-42)19-32(18-30)25-42)39(20-33)52-35-13-16-38(44(47)48)41(22-35)50-27-29-9-5-2-6-10-29/h1-16,20-22,30-32H,17-19,23-27H2. The van der Waals surface area contributed by atoms with E-state index in [1.165, 1.54) is 37.5 Å². The lowest BCUT2D eigenvalue weighted by molar-refractivity contribution is -0.386. The summed E-state index contributed by atoms with van der Waals surface area (Å²) in [4.78, 5) is 22.9. The van der Waals surface area contributed by atoms with Gasteiger partial charge in [-0.05, 0) is 91.0 Å². The third kappa shape index (κ3) is 7.01. The predicted molar refractivity (Wildman–Crippen MR) is 194 cm³/mol. The highest BCUT2D eigenvalue weighted by atomic mass is 16.6. The molecule has 4 bridgehead atoms. The molecule has 10 nitrogen and oxygen atoms in total. The van der Waals surface area contributed by atoms with E-state index in [1.807, 2.05) is 72.8 Å². The Morgan fingerprint density at radius 2 is 0.962 bits per heavy atom. The molecule has 0 unspecified atom stereocenters. The second kappa shape index (κ2) is 14.0. The summed E-state index contributed by atoms with van der Waals surface area (Å²) in [5.41, 5.74) is 2.54. The summed E-state index contributed by atoms with van der Waals surface area (Å²) >= 11 is 0. The van der Waals surface area contributed by atoms with Crippen molar-refractivity contribution in [3.63, 3.8) is 0 Å². The smallest absolute Gasteiger partial charge is 0.311 e. The van der Waals surface area contributed by atoms with E-state index in [0.717, 1.165) is 36.0 Å². The Morgan fingerprint density at radius 1 is 0.538 bits per heavy atom. The molecule has 4 saturated carbocycles. The van der Waals surface area contributed by atoms with Crippen molar-refractivity contribution in [2.75, 3.05) is 0 Å². The monoisotopic (exact) mass is 698 g/mol. The molecule has 0 heterocycles. The second-order valence-corrected chi connectivity index (χ2v) is 14.4. The number of ether oxygens (including phenoxy) is 4. The van der Waals surface area contributed by atoms with E-state index in [-0.39, 0.29) is 41.5 Å². The first-order valence-electron chi connectivity index (χ1n) is 17.7. The summed E-state index contributed by atoms with van der Waals surface area (Å²) in [6.07, 6.45) is 7.17. The number of hydrogen-bond acceptors (Lipinski definition) is 8. The molecule has 5 aromatic carbocycles. The molecule has 0 aliphatic heterocycles. The lowest BCUT2D eigenvalue weighted by Gasteiger charge is -2.57. The van der Waals surface area contributed by atoms with Gasteiger partial charge in [0.15, 0.2) is 0 Å². The number of benzene rings is 5. The van der Waals surface area contributed by atoms with Crippen molar-refractivity contribution in [1.29, 1.82) is 0 Å². The molecular formula is C42H38N2O8. The minimum Gasteiger partial charge on any atom is -0.482 e. The van der Waals surface area contributed by atoms with Crippen LogP contribution in [0.1, 0.15) is 55.2 Å². The topological polar surface area (TPSA) is 123 Å². The average Bonchev–Trinajstić information content (AvgIpc) is 3.13. The van der Waals surface area contributed by atoms with Crippen LogP contribution in [-0.2, 0) is 18.6 Å². The maximum absolute atomic E-state index is 12.0.